The first-order valence-corrected chi connectivity index (χ1v) is 4.83. The van der Waals surface area contributed by atoms with E-state index in [-0.39, 0.29) is 4.75 Å². The van der Waals surface area contributed by atoms with Gasteiger partial charge in [0.25, 0.3) is 0 Å². The summed E-state index contributed by atoms with van der Waals surface area (Å²) in [7, 11) is 0. The maximum Gasteiger partial charge on any atom is 0.0457 e. The van der Waals surface area contributed by atoms with Crippen LogP contribution in [0.2, 0.25) is 0 Å². The third-order valence-electron chi connectivity index (χ3n) is 2.25. The quantitative estimate of drug-likeness (QED) is 0.643. The Morgan fingerprint density at radius 2 is 1.92 bits per heavy atom. The topological polar surface area (TPSA) is 15.8 Å². The minimum absolute atomic E-state index is 0.0837. The second kappa shape index (κ2) is 2.81. The Hall–Kier alpha value is -0.890. The van der Waals surface area contributed by atoms with E-state index in [1.54, 1.807) is 0 Å². The molecule has 2 aromatic rings. The molecule has 0 radical (unpaired) electrons. The first-order chi connectivity index (χ1) is 6.09. The van der Waals surface area contributed by atoms with Gasteiger partial charge >= 0.3 is 0 Å². The number of hydrogen-bond donors (Lipinski definition) is 2. The molecule has 13 heavy (non-hydrogen) atoms. The summed E-state index contributed by atoms with van der Waals surface area (Å²) in [6.07, 6.45) is 2.04. The molecule has 1 nitrogen and oxygen atoms in total. The molecule has 0 amide bonds. The van der Waals surface area contributed by atoms with Gasteiger partial charge in [0.05, 0.1) is 0 Å². The van der Waals surface area contributed by atoms with Gasteiger partial charge in [0.15, 0.2) is 0 Å². The molecule has 0 atom stereocenters. The fourth-order valence-electron chi connectivity index (χ4n) is 1.58. The number of H-pyrrole nitrogens is 1. The SMILES string of the molecule is CC(C)(S)c1c[nH]c2ccccc12. The summed E-state index contributed by atoms with van der Waals surface area (Å²) in [5.74, 6) is 0. The third-order valence-corrected chi connectivity index (χ3v) is 2.49. The van der Waals surface area contributed by atoms with Crippen LogP contribution in [-0.4, -0.2) is 4.98 Å². The number of aromatic nitrogens is 1. The minimum atomic E-state index is -0.0837. The van der Waals surface area contributed by atoms with Crippen molar-refractivity contribution in [1.82, 2.24) is 4.98 Å². The van der Waals surface area contributed by atoms with E-state index in [4.69, 9.17) is 0 Å². The normalized spacial score (nSPS) is 12.2. The number of thiol groups is 1. The monoisotopic (exact) mass is 191 g/mol. The van der Waals surface area contributed by atoms with Gasteiger partial charge < -0.3 is 4.98 Å². The molecular formula is C11H13NS. The van der Waals surface area contributed by atoms with Crippen molar-refractivity contribution in [3.05, 3.63) is 36.0 Å². The van der Waals surface area contributed by atoms with Crippen LogP contribution in [0.3, 0.4) is 0 Å². The highest BCUT2D eigenvalue weighted by Crippen LogP contribution is 2.32. The number of nitrogens with one attached hydrogen (secondary N) is 1. The zero-order valence-electron chi connectivity index (χ0n) is 7.83. The lowest BCUT2D eigenvalue weighted by molar-refractivity contribution is 0.799. The molecule has 0 spiro atoms. The Labute approximate surface area is 83.6 Å². The Morgan fingerprint density at radius 3 is 2.62 bits per heavy atom. The van der Waals surface area contributed by atoms with Gasteiger partial charge in [0.1, 0.15) is 0 Å². The van der Waals surface area contributed by atoms with Crippen molar-refractivity contribution in [3.63, 3.8) is 0 Å². The molecule has 1 N–H and O–H groups in total. The van der Waals surface area contributed by atoms with E-state index in [0.717, 1.165) is 0 Å². The van der Waals surface area contributed by atoms with Crippen LogP contribution >= 0.6 is 12.6 Å². The summed E-state index contributed by atoms with van der Waals surface area (Å²) in [5.41, 5.74) is 2.44. The van der Waals surface area contributed by atoms with Crippen molar-refractivity contribution in [1.29, 1.82) is 0 Å². The summed E-state index contributed by atoms with van der Waals surface area (Å²) < 4.78 is -0.0837. The Bertz CT molecular complexity index is 423. The molecule has 0 fully saturated rings. The molecule has 0 aliphatic carbocycles. The van der Waals surface area contributed by atoms with Crippen molar-refractivity contribution in [2.45, 2.75) is 18.6 Å². The molecule has 0 aliphatic heterocycles. The van der Waals surface area contributed by atoms with Gasteiger partial charge in [0, 0.05) is 21.8 Å². The average molecular weight is 191 g/mol. The van der Waals surface area contributed by atoms with Gasteiger partial charge in [-0.25, -0.2) is 0 Å². The largest absolute Gasteiger partial charge is 0.361 e. The Kier molecular flexibility index (Phi) is 1.88. The van der Waals surface area contributed by atoms with E-state index in [2.05, 4.69) is 49.7 Å². The predicted molar refractivity (Wildman–Crippen MR) is 60.3 cm³/mol. The summed E-state index contributed by atoms with van der Waals surface area (Å²) >= 11 is 4.57. The van der Waals surface area contributed by atoms with Gasteiger partial charge in [-0.15, -0.1) is 0 Å². The van der Waals surface area contributed by atoms with Crippen LogP contribution in [0, 0.1) is 0 Å². The molecule has 1 aromatic carbocycles. The fraction of sp³-hybridized carbons (Fsp3) is 0.273. The van der Waals surface area contributed by atoms with Crippen LogP contribution < -0.4 is 0 Å². The minimum Gasteiger partial charge on any atom is -0.361 e. The fourth-order valence-corrected chi connectivity index (χ4v) is 1.76. The molecule has 0 saturated heterocycles. The first-order valence-electron chi connectivity index (χ1n) is 4.38. The Balaban J connectivity index is 2.72. The smallest absolute Gasteiger partial charge is 0.0457 e. The second-order valence-corrected chi connectivity index (χ2v) is 4.92. The van der Waals surface area contributed by atoms with Crippen LogP contribution in [0.4, 0.5) is 0 Å². The first kappa shape index (κ1) is 8.70. The second-order valence-electron chi connectivity index (χ2n) is 3.81. The van der Waals surface area contributed by atoms with Crippen LogP contribution in [0.15, 0.2) is 30.5 Å². The molecular weight excluding hydrogens is 178 g/mol. The summed E-state index contributed by atoms with van der Waals surface area (Å²) in [5, 5.41) is 1.27. The molecule has 0 aliphatic rings. The van der Waals surface area contributed by atoms with E-state index in [9.17, 15) is 0 Å². The van der Waals surface area contributed by atoms with Crippen LogP contribution in [-0.2, 0) is 4.75 Å². The molecule has 0 bridgehead atoms. The van der Waals surface area contributed by atoms with E-state index in [0.29, 0.717) is 0 Å². The summed E-state index contributed by atoms with van der Waals surface area (Å²) in [6, 6.07) is 8.30. The predicted octanol–water partition coefficient (Wildman–Crippen LogP) is 3.33. The highest BCUT2D eigenvalue weighted by atomic mass is 32.1. The molecule has 68 valence electrons. The third kappa shape index (κ3) is 1.46. The number of rotatable bonds is 1. The van der Waals surface area contributed by atoms with Crippen molar-refractivity contribution < 1.29 is 0 Å². The molecule has 0 unspecified atom stereocenters. The van der Waals surface area contributed by atoms with Gasteiger partial charge in [-0.3, -0.25) is 0 Å². The number of aromatic amines is 1. The maximum absolute atomic E-state index is 4.57. The van der Waals surface area contributed by atoms with Crippen LogP contribution in [0.25, 0.3) is 10.9 Å². The molecule has 2 heteroatoms. The van der Waals surface area contributed by atoms with Gasteiger partial charge in [-0.2, -0.15) is 12.6 Å². The van der Waals surface area contributed by atoms with Gasteiger partial charge in [0.2, 0.25) is 0 Å². The van der Waals surface area contributed by atoms with Crippen LogP contribution in [0.1, 0.15) is 19.4 Å². The summed E-state index contributed by atoms with van der Waals surface area (Å²) in [4.78, 5) is 3.25. The molecule has 2 rings (SSSR count). The number of fused-ring (bicyclic) bond motifs is 1. The number of hydrogen-bond acceptors (Lipinski definition) is 1. The van der Waals surface area contributed by atoms with E-state index < -0.39 is 0 Å². The average Bonchev–Trinajstić information content (AvgIpc) is 2.45. The maximum atomic E-state index is 4.57. The van der Waals surface area contributed by atoms with Gasteiger partial charge in [-0.1, -0.05) is 18.2 Å². The standard InChI is InChI=1S/C11H13NS/c1-11(2,13)9-7-12-10-6-4-3-5-8(9)10/h3-7,12-13H,1-2H3. The van der Waals surface area contributed by atoms with Crippen molar-refractivity contribution in [2.75, 3.05) is 0 Å². The molecule has 1 heterocycles. The highest BCUT2D eigenvalue weighted by Gasteiger charge is 2.18. The lowest BCUT2D eigenvalue weighted by Gasteiger charge is -2.16. The summed E-state index contributed by atoms with van der Waals surface area (Å²) in [6.45, 7) is 4.21. The Morgan fingerprint density at radius 1 is 1.23 bits per heavy atom. The lowest BCUT2D eigenvalue weighted by Crippen LogP contribution is -2.06. The number of benzene rings is 1. The van der Waals surface area contributed by atoms with E-state index in [1.165, 1.54) is 16.5 Å². The molecule has 1 aromatic heterocycles. The van der Waals surface area contributed by atoms with Crippen molar-refractivity contribution in [3.8, 4) is 0 Å². The van der Waals surface area contributed by atoms with Crippen molar-refractivity contribution in [2.24, 2.45) is 0 Å². The van der Waals surface area contributed by atoms with Crippen LogP contribution in [0.5, 0.6) is 0 Å². The van der Waals surface area contributed by atoms with E-state index >= 15 is 0 Å². The van der Waals surface area contributed by atoms with Crippen molar-refractivity contribution >= 4 is 23.5 Å². The zero-order valence-corrected chi connectivity index (χ0v) is 8.73. The lowest BCUT2D eigenvalue weighted by atomic mass is 10.0. The number of para-hydroxylation sites is 1. The zero-order chi connectivity index (χ0) is 9.47. The molecule has 0 saturated carbocycles. The van der Waals surface area contributed by atoms with E-state index in [1.807, 2.05) is 12.3 Å². The highest BCUT2D eigenvalue weighted by molar-refractivity contribution is 7.81. The van der Waals surface area contributed by atoms with Gasteiger partial charge in [-0.05, 0) is 25.5 Å².